The minimum absolute atomic E-state index is 0.0717. The SMILES string of the molecule is COC(=O)/C=C(\C)CC[C@H](/C=C/C(C)=O)C(C)C. The molecule has 0 N–H and O–H groups in total. The van der Waals surface area contributed by atoms with E-state index in [1.54, 1.807) is 13.0 Å². The molecular formula is C15H24O3. The molecule has 0 unspecified atom stereocenters. The minimum atomic E-state index is -0.312. The smallest absolute Gasteiger partial charge is 0.330 e. The van der Waals surface area contributed by atoms with Crippen LogP contribution in [0.3, 0.4) is 0 Å². The number of esters is 1. The molecule has 0 amide bonds. The number of carbonyl (C=O) groups excluding carboxylic acids is 2. The van der Waals surface area contributed by atoms with Gasteiger partial charge in [0.2, 0.25) is 0 Å². The second-order valence-electron chi connectivity index (χ2n) is 4.93. The largest absolute Gasteiger partial charge is 0.466 e. The number of allylic oxidation sites excluding steroid dienone is 3. The molecule has 0 aromatic rings. The van der Waals surface area contributed by atoms with Crippen molar-refractivity contribution in [2.45, 2.75) is 40.5 Å². The van der Waals surface area contributed by atoms with Crippen molar-refractivity contribution >= 4 is 11.8 Å². The molecule has 0 aliphatic heterocycles. The summed E-state index contributed by atoms with van der Waals surface area (Å²) in [6.45, 7) is 7.74. The lowest BCUT2D eigenvalue weighted by Crippen LogP contribution is -2.07. The Morgan fingerprint density at radius 1 is 1.22 bits per heavy atom. The van der Waals surface area contributed by atoms with Crippen LogP contribution in [-0.2, 0) is 14.3 Å². The normalized spacial score (nSPS) is 14.0. The van der Waals surface area contributed by atoms with Gasteiger partial charge in [-0.2, -0.15) is 0 Å². The maximum Gasteiger partial charge on any atom is 0.330 e. The van der Waals surface area contributed by atoms with Crippen molar-refractivity contribution in [3.8, 4) is 0 Å². The van der Waals surface area contributed by atoms with Gasteiger partial charge in [-0.25, -0.2) is 4.79 Å². The van der Waals surface area contributed by atoms with Crippen LogP contribution in [0, 0.1) is 11.8 Å². The average molecular weight is 252 g/mol. The summed E-state index contributed by atoms with van der Waals surface area (Å²) in [5, 5.41) is 0. The second-order valence-corrected chi connectivity index (χ2v) is 4.93. The van der Waals surface area contributed by atoms with E-state index in [4.69, 9.17) is 0 Å². The molecule has 0 fully saturated rings. The highest BCUT2D eigenvalue weighted by atomic mass is 16.5. The van der Waals surface area contributed by atoms with Gasteiger partial charge >= 0.3 is 5.97 Å². The van der Waals surface area contributed by atoms with Crippen LogP contribution >= 0.6 is 0 Å². The van der Waals surface area contributed by atoms with Gasteiger partial charge in [0.25, 0.3) is 0 Å². The Bertz CT molecular complexity index is 338. The lowest BCUT2D eigenvalue weighted by molar-refractivity contribution is -0.134. The fraction of sp³-hybridized carbons (Fsp3) is 0.600. The quantitative estimate of drug-likeness (QED) is 0.516. The molecule has 0 saturated carbocycles. The van der Waals surface area contributed by atoms with E-state index in [1.165, 1.54) is 13.2 Å². The molecular weight excluding hydrogens is 228 g/mol. The lowest BCUT2D eigenvalue weighted by atomic mass is 9.89. The molecule has 0 aliphatic carbocycles. The molecule has 1 atom stereocenters. The Kier molecular flexibility index (Phi) is 8.01. The van der Waals surface area contributed by atoms with Gasteiger partial charge in [0.1, 0.15) is 0 Å². The summed E-state index contributed by atoms with van der Waals surface area (Å²) in [6.07, 6.45) is 6.88. The minimum Gasteiger partial charge on any atom is -0.466 e. The van der Waals surface area contributed by atoms with Crippen LogP contribution in [0.2, 0.25) is 0 Å². The summed E-state index contributed by atoms with van der Waals surface area (Å²) in [5.41, 5.74) is 1.00. The van der Waals surface area contributed by atoms with E-state index in [0.29, 0.717) is 11.8 Å². The molecule has 0 heterocycles. The fourth-order valence-corrected chi connectivity index (χ4v) is 1.64. The molecule has 0 aliphatic rings. The van der Waals surface area contributed by atoms with E-state index in [0.717, 1.165) is 18.4 Å². The molecule has 0 bridgehead atoms. The van der Waals surface area contributed by atoms with Crippen molar-refractivity contribution in [1.29, 1.82) is 0 Å². The molecule has 0 rings (SSSR count). The van der Waals surface area contributed by atoms with Crippen LogP contribution in [0.4, 0.5) is 0 Å². The average Bonchev–Trinajstić information content (AvgIpc) is 2.27. The maximum atomic E-state index is 11.1. The van der Waals surface area contributed by atoms with Crippen LogP contribution in [0.25, 0.3) is 0 Å². The predicted octanol–water partition coefficient (Wildman–Crippen LogP) is 3.30. The summed E-state index contributed by atoms with van der Waals surface area (Å²) in [4.78, 5) is 22.0. The number of rotatable bonds is 7. The van der Waals surface area contributed by atoms with Crippen molar-refractivity contribution in [1.82, 2.24) is 0 Å². The molecule has 0 aromatic carbocycles. The standard InChI is InChI=1S/C15H24O3/c1-11(2)14(9-7-13(4)16)8-6-12(3)10-15(17)18-5/h7,9-11,14H,6,8H2,1-5H3/b9-7+,12-10+/t14-/m1/s1. The zero-order chi connectivity index (χ0) is 14.1. The van der Waals surface area contributed by atoms with Crippen molar-refractivity contribution < 1.29 is 14.3 Å². The third kappa shape index (κ3) is 7.82. The van der Waals surface area contributed by atoms with Crippen molar-refractivity contribution in [3.63, 3.8) is 0 Å². The molecule has 102 valence electrons. The van der Waals surface area contributed by atoms with Crippen molar-refractivity contribution in [2.75, 3.05) is 7.11 Å². The predicted molar refractivity (Wildman–Crippen MR) is 73.2 cm³/mol. The van der Waals surface area contributed by atoms with E-state index in [9.17, 15) is 9.59 Å². The van der Waals surface area contributed by atoms with Crippen LogP contribution in [0.1, 0.15) is 40.5 Å². The highest BCUT2D eigenvalue weighted by molar-refractivity contribution is 5.87. The van der Waals surface area contributed by atoms with E-state index in [1.807, 2.05) is 13.0 Å². The molecule has 0 saturated heterocycles. The van der Waals surface area contributed by atoms with Crippen LogP contribution in [-0.4, -0.2) is 18.9 Å². The first kappa shape index (κ1) is 16.6. The van der Waals surface area contributed by atoms with Gasteiger partial charge in [-0.15, -0.1) is 0 Å². The molecule has 0 aromatic heterocycles. The van der Waals surface area contributed by atoms with Gasteiger partial charge in [-0.05, 0) is 44.6 Å². The number of methoxy groups -OCH3 is 1. The van der Waals surface area contributed by atoms with Gasteiger partial charge < -0.3 is 4.74 Å². The lowest BCUT2D eigenvalue weighted by Gasteiger charge is -2.16. The monoisotopic (exact) mass is 252 g/mol. The number of carbonyl (C=O) groups is 2. The zero-order valence-electron chi connectivity index (χ0n) is 12.0. The Morgan fingerprint density at radius 3 is 2.28 bits per heavy atom. The van der Waals surface area contributed by atoms with Crippen molar-refractivity contribution in [2.24, 2.45) is 11.8 Å². The van der Waals surface area contributed by atoms with Gasteiger partial charge in [0.15, 0.2) is 5.78 Å². The molecule has 3 nitrogen and oxygen atoms in total. The number of ketones is 1. The first-order valence-corrected chi connectivity index (χ1v) is 6.30. The van der Waals surface area contributed by atoms with Crippen LogP contribution in [0.5, 0.6) is 0 Å². The Labute approximate surface area is 110 Å². The Morgan fingerprint density at radius 2 is 1.83 bits per heavy atom. The van der Waals surface area contributed by atoms with Gasteiger partial charge in [0.05, 0.1) is 7.11 Å². The highest BCUT2D eigenvalue weighted by Crippen LogP contribution is 2.21. The Balaban J connectivity index is 4.40. The first-order valence-electron chi connectivity index (χ1n) is 6.30. The van der Waals surface area contributed by atoms with Gasteiger partial charge in [0, 0.05) is 6.08 Å². The first-order chi connectivity index (χ1) is 8.36. The molecule has 0 radical (unpaired) electrons. The van der Waals surface area contributed by atoms with Crippen LogP contribution < -0.4 is 0 Å². The van der Waals surface area contributed by atoms with Crippen molar-refractivity contribution in [3.05, 3.63) is 23.8 Å². The number of ether oxygens (including phenoxy) is 1. The molecule has 3 heteroatoms. The summed E-state index contributed by atoms with van der Waals surface area (Å²) < 4.78 is 4.58. The summed E-state index contributed by atoms with van der Waals surface area (Å²) in [7, 11) is 1.37. The van der Waals surface area contributed by atoms with E-state index >= 15 is 0 Å². The Hall–Kier alpha value is -1.38. The maximum absolute atomic E-state index is 11.1. The summed E-state index contributed by atoms with van der Waals surface area (Å²) >= 11 is 0. The summed E-state index contributed by atoms with van der Waals surface area (Å²) in [5.74, 6) is 0.594. The number of hydrogen-bond acceptors (Lipinski definition) is 3. The fourth-order valence-electron chi connectivity index (χ4n) is 1.64. The van der Waals surface area contributed by atoms with E-state index < -0.39 is 0 Å². The third-order valence-electron chi connectivity index (χ3n) is 2.87. The van der Waals surface area contributed by atoms with E-state index in [2.05, 4.69) is 18.6 Å². The second kappa shape index (κ2) is 8.67. The zero-order valence-corrected chi connectivity index (χ0v) is 12.0. The molecule has 18 heavy (non-hydrogen) atoms. The molecule has 0 spiro atoms. The van der Waals surface area contributed by atoms with E-state index in [-0.39, 0.29) is 11.8 Å². The van der Waals surface area contributed by atoms with Crippen LogP contribution in [0.15, 0.2) is 23.8 Å². The summed E-state index contributed by atoms with van der Waals surface area (Å²) in [6, 6.07) is 0. The number of hydrogen-bond donors (Lipinski definition) is 0. The van der Waals surface area contributed by atoms with Gasteiger partial charge in [-0.1, -0.05) is 25.5 Å². The van der Waals surface area contributed by atoms with Gasteiger partial charge in [-0.3, -0.25) is 4.79 Å². The highest BCUT2D eigenvalue weighted by Gasteiger charge is 2.10. The third-order valence-corrected chi connectivity index (χ3v) is 2.87. The topological polar surface area (TPSA) is 43.4 Å².